The van der Waals surface area contributed by atoms with Gasteiger partial charge < -0.3 is 10.2 Å². The third-order valence-electron chi connectivity index (χ3n) is 2.19. The first kappa shape index (κ1) is 15.6. The molecule has 1 unspecified atom stereocenters. The Labute approximate surface area is 103 Å². The molecule has 0 heterocycles. The summed E-state index contributed by atoms with van der Waals surface area (Å²) in [4.78, 5) is 35.5. The number of carbonyl (C=O) groups excluding carboxylic acids is 3. The molecule has 0 aromatic carbocycles. The van der Waals surface area contributed by atoms with Gasteiger partial charge in [-0.1, -0.05) is 13.8 Å². The maximum Gasteiger partial charge on any atom is 0.244 e. The van der Waals surface area contributed by atoms with E-state index in [1.165, 1.54) is 11.8 Å². The molecule has 1 N–H and O–H groups in total. The van der Waals surface area contributed by atoms with Gasteiger partial charge >= 0.3 is 0 Å². The lowest BCUT2D eigenvalue weighted by Crippen LogP contribution is -2.47. The lowest BCUT2D eigenvalue weighted by atomic mass is 10.0. The molecule has 0 saturated heterocycles. The number of ketones is 1. The summed E-state index contributed by atoms with van der Waals surface area (Å²) >= 11 is 0. The Balaban J connectivity index is 4.54. The van der Waals surface area contributed by atoms with Crippen LogP contribution in [0.4, 0.5) is 0 Å². The van der Waals surface area contributed by atoms with Crippen LogP contribution in [0.2, 0.25) is 0 Å². The van der Waals surface area contributed by atoms with Crippen LogP contribution in [0.25, 0.3) is 0 Å². The molecule has 17 heavy (non-hydrogen) atoms. The van der Waals surface area contributed by atoms with Gasteiger partial charge in [0.15, 0.2) is 0 Å². The summed E-state index contributed by atoms with van der Waals surface area (Å²) in [5.74, 6) is -0.446. The standard InChI is InChI=1S/C12H22N2O3/c1-8(2)6-10(12(17)14(4)5)13-11(16)7-9(3)15/h8,10H,6-7H2,1-5H3,(H,13,16). The van der Waals surface area contributed by atoms with Crippen LogP contribution in [0, 0.1) is 5.92 Å². The first-order chi connectivity index (χ1) is 7.73. The highest BCUT2D eigenvalue weighted by molar-refractivity contribution is 5.98. The van der Waals surface area contributed by atoms with E-state index < -0.39 is 11.9 Å². The number of hydrogen-bond acceptors (Lipinski definition) is 3. The largest absolute Gasteiger partial charge is 0.347 e. The van der Waals surface area contributed by atoms with Crippen molar-refractivity contribution in [3.8, 4) is 0 Å². The summed E-state index contributed by atoms with van der Waals surface area (Å²) in [7, 11) is 3.29. The highest BCUT2D eigenvalue weighted by atomic mass is 16.2. The van der Waals surface area contributed by atoms with Gasteiger partial charge in [0.2, 0.25) is 11.8 Å². The van der Waals surface area contributed by atoms with Crippen molar-refractivity contribution in [2.24, 2.45) is 5.92 Å². The van der Waals surface area contributed by atoms with Crippen molar-refractivity contribution in [1.82, 2.24) is 10.2 Å². The number of hydrogen-bond donors (Lipinski definition) is 1. The van der Waals surface area contributed by atoms with Gasteiger partial charge in [0.25, 0.3) is 0 Å². The van der Waals surface area contributed by atoms with Crippen LogP contribution in [-0.4, -0.2) is 42.6 Å². The molecule has 2 amide bonds. The first-order valence-corrected chi connectivity index (χ1v) is 5.74. The van der Waals surface area contributed by atoms with E-state index in [4.69, 9.17) is 0 Å². The van der Waals surface area contributed by atoms with Crippen molar-refractivity contribution < 1.29 is 14.4 Å². The minimum absolute atomic E-state index is 0.143. The van der Waals surface area contributed by atoms with E-state index >= 15 is 0 Å². The van der Waals surface area contributed by atoms with Crippen molar-refractivity contribution in [1.29, 1.82) is 0 Å². The van der Waals surface area contributed by atoms with Gasteiger partial charge in [0, 0.05) is 14.1 Å². The first-order valence-electron chi connectivity index (χ1n) is 5.74. The maximum atomic E-state index is 11.8. The minimum atomic E-state index is -0.545. The Hall–Kier alpha value is -1.39. The van der Waals surface area contributed by atoms with E-state index in [0.717, 1.165) is 0 Å². The molecule has 0 aliphatic rings. The van der Waals surface area contributed by atoms with E-state index in [1.54, 1.807) is 14.1 Å². The van der Waals surface area contributed by atoms with E-state index in [1.807, 2.05) is 13.8 Å². The van der Waals surface area contributed by atoms with Crippen molar-refractivity contribution in [2.75, 3.05) is 14.1 Å². The summed E-state index contributed by atoms with van der Waals surface area (Å²) < 4.78 is 0. The number of rotatable bonds is 6. The molecule has 0 aromatic rings. The lowest BCUT2D eigenvalue weighted by molar-refractivity contribution is -0.136. The third-order valence-corrected chi connectivity index (χ3v) is 2.19. The van der Waals surface area contributed by atoms with E-state index in [2.05, 4.69) is 5.32 Å². The van der Waals surface area contributed by atoms with Crippen LogP contribution in [0.3, 0.4) is 0 Å². The predicted molar refractivity (Wildman–Crippen MR) is 65.4 cm³/mol. The second-order valence-electron chi connectivity index (χ2n) is 4.86. The Morgan fingerprint density at radius 3 is 2.06 bits per heavy atom. The van der Waals surface area contributed by atoms with E-state index in [0.29, 0.717) is 12.3 Å². The molecular weight excluding hydrogens is 220 g/mol. The zero-order chi connectivity index (χ0) is 13.6. The molecule has 0 aromatic heterocycles. The van der Waals surface area contributed by atoms with Gasteiger partial charge in [0.05, 0.1) is 6.42 Å². The second-order valence-corrected chi connectivity index (χ2v) is 4.86. The number of likely N-dealkylation sites (N-methyl/N-ethyl adjacent to an activating group) is 1. The summed E-state index contributed by atoms with van der Waals surface area (Å²) in [6, 6.07) is -0.545. The van der Waals surface area contributed by atoms with Crippen molar-refractivity contribution in [3.63, 3.8) is 0 Å². The SMILES string of the molecule is CC(=O)CC(=O)NC(CC(C)C)C(=O)N(C)C. The maximum absolute atomic E-state index is 11.8. The zero-order valence-corrected chi connectivity index (χ0v) is 11.2. The number of nitrogens with one attached hydrogen (secondary N) is 1. The molecule has 0 aliphatic heterocycles. The van der Waals surface area contributed by atoms with E-state index in [-0.39, 0.29) is 18.1 Å². The topological polar surface area (TPSA) is 66.5 Å². The quantitative estimate of drug-likeness (QED) is 0.693. The number of nitrogens with zero attached hydrogens (tertiary/aromatic N) is 1. The van der Waals surface area contributed by atoms with Gasteiger partial charge in [-0.05, 0) is 19.3 Å². The Morgan fingerprint density at radius 2 is 1.71 bits per heavy atom. The molecule has 0 spiro atoms. The monoisotopic (exact) mass is 242 g/mol. The third kappa shape index (κ3) is 6.71. The minimum Gasteiger partial charge on any atom is -0.347 e. The summed E-state index contributed by atoms with van der Waals surface area (Å²) in [6.45, 7) is 5.31. The van der Waals surface area contributed by atoms with Crippen LogP contribution in [-0.2, 0) is 14.4 Å². The number of Topliss-reactive ketones (excluding diaryl/α,β-unsaturated/α-hetero) is 1. The molecule has 0 bridgehead atoms. The van der Waals surface area contributed by atoms with Gasteiger partial charge in [-0.15, -0.1) is 0 Å². The summed E-state index contributed by atoms with van der Waals surface area (Å²) in [5.41, 5.74) is 0. The fourth-order valence-electron chi connectivity index (χ4n) is 1.48. The lowest BCUT2D eigenvalue weighted by Gasteiger charge is -2.23. The van der Waals surface area contributed by atoms with Gasteiger partial charge in [0.1, 0.15) is 11.8 Å². The zero-order valence-electron chi connectivity index (χ0n) is 11.2. The fraction of sp³-hybridized carbons (Fsp3) is 0.750. The molecule has 0 saturated carbocycles. The van der Waals surface area contributed by atoms with Crippen molar-refractivity contribution in [2.45, 2.75) is 39.7 Å². The molecule has 98 valence electrons. The normalized spacial score (nSPS) is 12.1. The summed E-state index contributed by atoms with van der Waals surface area (Å²) in [6.07, 6.45) is 0.399. The average molecular weight is 242 g/mol. The molecule has 1 atom stereocenters. The number of amides is 2. The molecule has 0 rings (SSSR count). The number of carbonyl (C=O) groups is 3. The van der Waals surface area contributed by atoms with E-state index in [9.17, 15) is 14.4 Å². The Morgan fingerprint density at radius 1 is 1.18 bits per heavy atom. The van der Waals surface area contributed by atoms with Crippen LogP contribution >= 0.6 is 0 Å². The van der Waals surface area contributed by atoms with Crippen LogP contribution < -0.4 is 5.32 Å². The van der Waals surface area contributed by atoms with Crippen LogP contribution in [0.15, 0.2) is 0 Å². The Bertz CT molecular complexity index is 298. The molecule has 0 fully saturated rings. The van der Waals surface area contributed by atoms with Crippen LogP contribution in [0.5, 0.6) is 0 Å². The molecule has 0 aliphatic carbocycles. The van der Waals surface area contributed by atoms with Crippen molar-refractivity contribution in [3.05, 3.63) is 0 Å². The fourth-order valence-corrected chi connectivity index (χ4v) is 1.48. The molecule has 5 nitrogen and oxygen atoms in total. The van der Waals surface area contributed by atoms with Gasteiger partial charge in [-0.25, -0.2) is 0 Å². The highest BCUT2D eigenvalue weighted by Gasteiger charge is 2.23. The molecule has 0 radical (unpaired) electrons. The van der Waals surface area contributed by atoms with Crippen LogP contribution in [0.1, 0.15) is 33.6 Å². The second kappa shape index (κ2) is 7.04. The molecular formula is C12H22N2O3. The Kier molecular flexibility index (Phi) is 6.46. The van der Waals surface area contributed by atoms with Gasteiger partial charge in [-0.2, -0.15) is 0 Å². The average Bonchev–Trinajstić information content (AvgIpc) is 2.13. The highest BCUT2D eigenvalue weighted by Crippen LogP contribution is 2.07. The smallest absolute Gasteiger partial charge is 0.244 e. The predicted octanol–water partition coefficient (Wildman–Crippen LogP) is 0.585. The van der Waals surface area contributed by atoms with Crippen molar-refractivity contribution >= 4 is 17.6 Å². The van der Waals surface area contributed by atoms with Gasteiger partial charge in [-0.3, -0.25) is 14.4 Å². The molecule has 5 heteroatoms. The summed E-state index contributed by atoms with van der Waals surface area (Å²) in [5, 5.41) is 2.61.